The molecule has 5 heteroatoms. The molecule has 17 heavy (non-hydrogen) atoms. The minimum Gasteiger partial charge on any atom is -0.378 e. The number of nitrogens with zero attached hydrogens (tertiary/aromatic N) is 2. The highest BCUT2D eigenvalue weighted by molar-refractivity contribution is 5.03. The van der Waals surface area contributed by atoms with Crippen LogP contribution in [0.15, 0.2) is 4.52 Å². The van der Waals surface area contributed by atoms with Gasteiger partial charge >= 0.3 is 0 Å². The van der Waals surface area contributed by atoms with Crippen molar-refractivity contribution in [2.24, 2.45) is 11.1 Å². The molecule has 1 fully saturated rings. The van der Waals surface area contributed by atoms with E-state index in [1.54, 1.807) is 0 Å². The molecule has 2 N–H and O–H groups in total. The van der Waals surface area contributed by atoms with Crippen LogP contribution in [0.2, 0.25) is 0 Å². The summed E-state index contributed by atoms with van der Waals surface area (Å²) in [6.45, 7) is 8.99. The highest BCUT2D eigenvalue weighted by atomic mass is 16.5. The van der Waals surface area contributed by atoms with Gasteiger partial charge in [0.05, 0.1) is 18.1 Å². The third kappa shape index (κ3) is 2.50. The molecule has 0 aliphatic carbocycles. The number of hydrogen-bond acceptors (Lipinski definition) is 5. The van der Waals surface area contributed by atoms with Crippen LogP contribution in [0.1, 0.15) is 57.8 Å². The molecule has 3 unspecified atom stereocenters. The minimum atomic E-state index is -0.211. The van der Waals surface area contributed by atoms with Gasteiger partial charge in [0.15, 0.2) is 5.82 Å². The quantitative estimate of drug-likeness (QED) is 0.854. The summed E-state index contributed by atoms with van der Waals surface area (Å²) < 4.78 is 10.8. The van der Waals surface area contributed by atoms with E-state index in [1.165, 1.54) is 0 Å². The van der Waals surface area contributed by atoms with Gasteiger partial charge in [-0.2, -0.15) is 4.98 Å². The molecule has 1 aliphatic rings. The average Bonchev–Trinajstić information content (AvgIpc) is 2.83. The Bertz CT molecular complexity index is 367. The lowest BCUT2D eigenvalue weighted by atomic mass is 9.87. The van der Waals surface area contributed by atoms with E-state index in [1.807, 2.05) is 6.92 Å². The summed E-state index contributed by atoms with van der Waals surface area (Å²) in [4.78, 5) is 4.43. The van der Waals surface area contributed by atoms with Gasteiger partial charge in [-0.05, 0) is 18.8 Å². The van der Waals surface area contributed by atoms with Gasteiger partial charge in [-0.3, -0.25) is 0 Å². The summed E-state index contributed by atoms with van der Waals surface area (Å²) in [7, 11) is 0. The molecule has 3 atom stereocenters. The fraction of sp³-hybridized carbons (Fsp3) is 0.833. The van der Waals surface area contributed by atoms with E-state index in [9.17, 15) is 0 Å². The molecule has 0 spiro atoms. The number of rotatable bonds is 2. The molecule has 96 valence electrons. The zero-order valence-electron chi connectivity index (χ0n) is 10.9. The third-order valence-electron chi connectivity index (χ3n) is 3.36. The molecule has 0 amide bonds. The number of nitrogens with two attached hydrogens (primary N) is 1. The number of aromatic nitrogens is 2. The Hall–Kier alpha value is -0.940. The molecule has 2 heterocycles. The van der Waals surface area contributed by atoms with Gasteiger partial charge in [-0.25, -0.2) is 0 Å². The van der Waals surface area contributed by atoms with Gasteiger partial charge in [0.25, 0.3) is 0 Å². The molecule has 1 aliphatic heterocycles. The highest BCUT2D eigenvalue weighted by Crippen LogP contribution is 2.33. The topological polar surface area (TPSA) is 74.2 Å². The molecule has 0 bridgehead atoms. The summed E-state index contributed by atoms with van der Waals surface area (Å²) in [6, 6.07) is -0.211. The van der Waals surface area contributed by atoms with Crippen molar-refractivity contribution in [3.8, 4) is 0 Å². The second kappa shape index (κ2) is 4.38. The highest BCUT2D eigenvalue weighted by Gasteiger charge is 2.33. The van der Waals surface area contributed by atoms with Gasteiger partial charge in [-0.1, -0.05) is 25.9 Å². The number of hydrogen-bond donors (Lipinski definition) is 1. The Morgan fingerprint density at radius 3 is 2.65 bits per heavy atom. The summed E-state index contributed by atoms with van der Waals surface area (Å²) in [6.07, 6.45) is 1.09. The summed E-state index contributed by atoms with van der Waals surface area (Å²) in [5.41, 5.74) is 6.03. The van der Waals surface area contributed by atoms with Crippen molar-refractivity contribution in [2.75, 3.05) is 6.61 Å². The van der Waals surface area contributed by atoms with Crippen molar-refractivity contribution >= 4 is 0 Å². The second-order valence-corrected chi connectivity index (χ2v) is 5.81. The Balaban J connectivity index is 2.16. The molecule has 2 rings (SSSR count). The van der Waals surface area contributed by atoms with Crippen LogP contribution in [-0.4, -0.2) is 22.9 Å². The Morgan fingerprint density at radius 2 is 2.12 bits per heavy atom. The van der Waals surface area contributed by atoms with Crippen molar-refractivity contribution in [1.29, 1.82) is 0 Å². The van der Waals surface area contributed by atoms with E-state index in [0.717, 1.165) is 13.0 Å². The second-order valence-electron chi connectivity index (χ2n) is 5.81. The van der Waals surface area contributed by atoms with E-state index < -0.39 is 0 Å². The largest absolute Gasteiger partial charge is 0.378 e. The van der Waals surface area contributed by atoms with Crippen molar-refractivity contribution in [2.45, 2.75) is 52.2 Å². The maximum atomic E-state index is 6.10. The van der Waals surface area contributed by atoms with Gasteiger partial charge in [0, 0.05) is 6.61 Å². The first-order chi connectivity index (χ1) is 7.89. The lowest BCUT2D eigenvalue weighted by molar-refractivity contribution is 0.113. The van der Waals surface area contributed by atoms with Crippen LogP contribution in [0.5, 0.6) is 0 Å². The predicted octanol–water partition coefficient (Wildman–Crippen LogP) is 2.01. The predicted molar refractivity (Wildman–Crippen MR) is 63.5 cm³/mol. The Labute approximate surface area is 102 Å². The molecular formula is C12H21N3O2. The van der Waals surface area contributed by atoms with E-state index in [0.29, 0.717) is 11.7 Å². The van der Waals surface area contributed by atoms with Crippen LogP contribution in [0, 0.1) is 5.41 Å². The normalized spacial score (nSPS) is 27.4. The fourth-order valence-electron chi connectivity index (χ4n) is 1.97. The lowest BCUT2D eigenvalue weighted by Gasteiger charge is -2.23. The van der Waals surface area contributed by atoms with Crippen LogP contribution in [-0.2, 0) is 4.74 Å². The van der Waals surface area contributed by atoms with E-state index >= 15 is 0 Å². The van der Waals surface area contributed by atoms with Gasteiger partial charge < -0.3 is 15.0 Å². The number of ether oxygens (including phenoxy) is 1. The van der Waals surface area contributed by atoms with Crippen LogP contribution >= 0.6 is 0 Å². The molecule has 0 radical (unpaired) electrons. The zero-order valence-corrected chi connectivity index (χ0v) is 10.9. The SMILES string of the molecule is CC1OCCC1c1nc(C(N)C(C)(C)C)no1. The first-order valence-corrected chi connectivity index (χ1v) is 6.10. The van der Waals surface area contributed by atoms with E-state index in [4.69, 9.17) is 15.0 Å². The Kier molecular flexibility index (Phi) is 3.23. The van der Waals surface area contributed by atoms with Gasteiger partial charge in [0.1, 0.15) is 0 Å². The van der Waals surface area contributed by atoms with Gasteiger partial charge in [-0.15, -0.1) is 0 Å². The molecule has 1 aromatic heterocycles. The first-order valence-electron chi connectivity index (χ1n) is 6.10. The van der Waals surface area contributed by atoms with Crippen LogP contribution in [0.4, 0.5) is 0 Å². The molecular weight excluding hydrogens is 218 g/mol. The van der Waals surface area contributed by atoms with Crippen molar-refractivity contribution < 1.29 is 9.26 Å². The molecule has 5 nitrogen and oxygen atoms in total. The fourth-order valence-corrected chi connectivity index (χ4v) is 1.97. The average molecular weight is 239 g/mol. The zero-order chi connectivity index (χ0) is 12.6. The minimum absolute atomic E-state index is 0.0705. The standard InChI is InChI=1S/C12H21N3O2/c1-7-8(5-6-16-7)11-14-10(15-17-11)9(13)12(2,3)4/h7-9H,5-6,13H2,1-4H3. The summed E-state index contributed by atoms with van der Waals surface area (Å²) in [5, 5.41) is 3.99. The van der Waals surface area contributed by atoms with Crippen molar-refractivity contribution in [3.05, 3.63) is 11.7 Å². The van der Waals surface area contributed by atoms with Gasteiger partial charge in [0.2, 0.25) is 5.89 Å². The van der Waals surface area contributed by atoms with Crippen LogP contribution in [0.3, 0.4) is 0 Å². The van der Waals surface area contributed by atoms with Crippen molar-refractivity contribution in [1.82, 2.24) is 10.1 Å². The van der Waals surface area contributed by atoms with Crippen molar-refractivity contribution in [3.63, 3.8) is 0 Å². The lowest BCUT2D eigenvalue weighted by Crippen LogP contribution is -2.27. The van der Waals surface area contributed by atoms with Crippen LogP contribution in [0.25, 0.3) is 0 Å². The third-order valence-corrected chi connectivity index (χ3v) is 3.36. The monoisotopic (exact) mass is 239 g/mol. The summed E-state index contributed by atoms with van der Waals surface area (Å²) in [5.74, 6) is 1.46. The summed E-state index contributed by atoms with van der Waals surface area (Å²) >= 11 is 0. The van der Waals surface area contributed by atoms with E-state index in [-0.39, 0.29) is 23.5 Å². The maximum Gasteiger partial charge on any atom is 0.232 e. The molecule has 1 aromatic rings. The first kappa shape index (κ1) is 12.5. The van der Waals surface area contributed by atoms with Crippen LogP contribution < -0.4 is 5.73 Å². The molecule has 0 saturated carbocycles. The van der Waals surface area contributed by atoms with E-state index in [2.05, 4.69) is 30.9 Å². The molecule has 0 aromatic carbocycles. The maximum absolute atomic E-state index is 6.10. The smallest absolute Gasteiger partial charge is 0.232 e. The Morgan fingerprint density at radius 1 is 1.41 bits per heavy atom. The molecule has 1 saturated heterocycles.